The Balaban J connectivity index is 1.70. The Bertz CT molecular complexity index is 1010. The SMILES string of the molecule is CC(C)(C)OC(=O)N1CCC(NS(=O)(=O)c2ccccc2-c2ccc(C=O)o2)CC1. The average molecular weight is 435 g/mol. The number of rotatable bonds is 5. The van der Waals surface area contributed by atoms with Crippen molar-refractivity contribution >= 4 is 22.4 Å². The lowest BCUT2D eigenvalue weighted by atomic mass is 10.1. The number of benzene rings is 1. The molecule has 0 atom stereocenters. The second kappa shape index (κ2) is 8.61. The molecule has 8 nitrogen and oxygen atoms in total. The Morgan fingerprint density at radius 2 is 1.83 bits per heavy atom. The maximum atomic E-state index is 13.0. The molecule has 1 aliphatic rings. The van der Waals surface area contributed by atoms with Crippen molar-refractivity contribution in [2.45, 2.75) is 50.2 Å². The maximum Gasteiger partial charge on any atom is 0.410 e. The summed E-state index contributed by atoms with van der Waals surface area (Å²) in [7, 11) is -3.84. The number of likely N-dealkylation sites (tertiary alicyclic amines) is 1. The zero-order valence-corrected chi connectivity index (χ0v) is 18.1. The summed E-state index contributed by atoms with van der Waals surface area (Å²) in [6, 6.07) is 9.22. The predicted octanol–water partition coefficient (Wildman–Crippen LogP) is 3.44. The second-order valence-electron chi connectivity index (χ2n) is 8.18. The van der Waals surface area contributed by atoms with Gasteiger partial charge in [0.05, 0.1) is 4.90 Å². The van der Waals surface area contributed by atoms with Crippen molar-refractivity contribution in [3.63, 3.8) is 0 Å². The molecule has 1 aromatic carbocycles. The lowest BCUT2D eigenvalue weighted by Gasteiger charge is -2.33. The highest BCUT2D eigenvalue weighted by Gasteiger charge is 2.30. The van der Waals surface area contributed by atoms with Gasteiger partial charge in [0.25, 0.3) is 0 Å². The van der Waals surface area contributed by atoms with Gasteiger partial charge in [-0.2, -0.15) is 0 Å². The first-order valence-electron chi connectivity index (χ1n) is 9.74. The van der Waals surface area contributed by atoms with Crippen LogP contribution in [0.4, 0.5) is 4.79 Å². The molecule has 2 heterocycles. The van der Waals surface area contributed by atoms with Gasteiger partial charge >= 0.3 is 6.09 Å². The van der Waals surface area contributed by atoms with Gasteiger partial charge in [-0.1, -0.05) is 12.1 Å². The topological polar surface area (TPSA) is 106 Å². The van der Waals surface area contributed by atoms with Crippen molar-refractivity contribution < 1.29 is 27.2 Å². The standard InChI is InChI=1S/C21H26N2O6S/c1-21(2,3)29-20(25)23-12-10-15(11-13-23)22-30(26,27)19-7-5-4-6-17(19)18-9-8-16(14-24)28-18/h4-9,14-15,22H,10-13H2,1-3H3. The molecule has 1 aromatic heterocycles. The van der Waals surface area contributed by atoms with Gasteiger partial charge in [-0.15, -0.1) is 0 Å². The molecule has 3 rings (SSSR count). The lowest BCUT2D eigenvalue weighted by Crippen LogP contribution is -2.47. The summed E-state index contributed by atoms with van der Waals surface area (Å²) < 4.78 is 39.6. The molecule has 30 heavy (non-hydrogen) atoms. The summed E-state index contributed by atoms with van der Waals surface area (Å²) in [6.45, 7) is 6.23. The third-order valence-electron chi connectivity index (χ3n) is 4.65. The van der Waals surface area contributed by atoms with Crippen molar-refractivity contribution in [2.75, 3.05) is 13.1 Å². The van der Waals surface area contributed by atoms with E-state index in [1.165, 1.54) is 12.1 Å². The number of carbonyl (C=O) groups is 2. The largest absolute Gasteiger partial charge is 0.453 e. The Labute approximate surface area is 176 Å². The van der Waals surface area contributed by atoms with Gasteiger partial charge in [0, 0.05) is 24.7 Å². The van der Waals surface area contributed by atoms with Gasteiger partial charge in [-0.25, -0.2) is 17.9 Å². The Hall–Kier alpha value is -2.65. The van der Waals surface area contributed by atoms with E-state index in [0.717, 1.165) is 0 Å². The minimum atomic E-state index is -3.84. The highest BCUT2D eigenvalue weighted by Crippen LogP contribution is 2.29. The molecule has 1 aliphatic heterocycles. The molecule has 1 N–H and O–H groups in total. The zero-order chi connectivity index (χ0) is 21.9. The Morgan fingerprint density at radius 3 is 2.43 bits per heavy atom. The lowest BCUT2D eigenvalue weighted by molar-refractivity contribution is 0.0203. The van der Waals surface area contributed by atoms with Crippen LogP contribution in [-0.4, -0.2) is 50.4 Å². The number of furan rings is 1. The molecular formula is C21H26N2O6S. The fraction of sp³-hybridized carbons (Fsp3) is 0.429. The molecule has 1 fully saturated rings. The fourth-order valence-corrected chi connectivity index (χ4v) is 4.77. The molecule has 0 radical (unpaired) electrons. The quantitative estimate of drug-likeness (QED) is 0.723. The van der Waals surface area contributed by atoms with Gasteiger partial charge < -0.3 is 14.1 Å². The molecule has 162 valence electrons. The van der Waals surface area contributed by atoms with E-state index in [-0.39, 0.29) is 16.7 Å². The van der Waals surface area contributed by atoms with Crippen molar-refractivity contribution in [3.8, 4) is 11.3 Å². The first-order chi connectivity index (χ1) is 14.1. The number of ether oxygens (including phenoxy) is 1. The highest BCUT2D eigenvalue weighted by molar-refractivity contribution is 7.89. The molecule has 0 spiro atoms. The van der Waals surface area contributed by atoms with E-state index in [1.54, 1.807) is 49.9 Å². The van der Waals surface area contributed by atoms with Crippen LogP contribution in [0.25, 0.3) is 11.3 Å². The van der Waals surface area contributed by atoms with Gasteiger partial charge in [0.1, 0.15) is 11.4 Å². The van der Waals surface area contributed by atoms with E-state index in [1.807, 2.05) is 0 Å². The molecule has 9 heteroatoms. The zero-order valence-electron chi connectivity index (χ0n) is 17.3. The molecule has 0 bridgehead atoms. The number of nitrogens with one attached hydrogen (secondary N) is 1. The number of piperidine rings is 1. The average Bonchev–Trinajstić information content (AvgIpc) is 3.16. The number of hydrogen-bond donors (Lipinski definition) is 1. The molecule has 1 amide bonds. The minimum Gasteiger partial charge on any atom is -0.453 e. The van der Waals surface area contributed by atoms with Crippen LogP contribution in [0.3, 0.4) is 0 Å². The first kappa shape index (κ1) is 22.0. The maximum absolute atomic E-state index is 13.0. The fourth-order valence-electron chi connectivity index (χ4n) is 3.25. The van der Waals surface area contributed by atoms with Crippen LogP contribution in [0, 0.1) is 0 Å². The minimum absolute atomic E-state index is 0.0753. The second-order valence-corrected chi connectivity index (χ2v) is 9.86. The number of amides is 1. The number of aldehydes is 1. The highest BCUT2D eigenvalue weighted by atomic mass is 32.2. The van der Waals surface area contributed by atoms with Crippen LogP contribution < -0.4 is 4.72 Å². The molecule has 0 unspecified atom stereocenters. The molecule has 0 aliphatic carbocycles. The van der Waals surface area contributed by atoms with E-state index in [9.17, 15) is 18.0 Å². The number of sulfonamides is 1. The smallest absolute Gasteiger partial charge is 0.410 e. The van der Waals surface area contributed by atoms with Crippen molar-refractivity contribution in [3.05, 3.63) is 42.2 Å². The summed E-state index contributed by atoms with van der Waals surface area (Å²) in [5.41, 5.74) is -0.196. The van der Waals surface area contributed by atoms with Crippen molar-refractivity contribution in [1.82, 2.24) is 9.62 Å². The van der Waals surface area contributed by atoms with Crippen LogP contribution in [0.1, 0.15) is 44.2 Å². The van der Waals surface area contributed by atoms with Gasteiger partial charge in [-0.05, 0) is 57.9 Å². The van der Waals surface area contributed by atoms with Gasteiger partial charge in [-0.3, -0.25) is 4.79 Å². The summed E-state index contributed by atoms with van der Waals surface area (Å²) in [5.74, 6) is 0.428. The number of nitrogens with zero attached hydrogens (tertiary/aromatic N) is 1. The van der Waals surface area contributed by atoms with Crippen LogP contribution >= 0.6 is 0 Å². The molecule has 0 saturated carbocycles. The van der Waals surface area contributed by atoms with Crippen LogP contribution in [-0.2, 0) is 14.8 Å². The molecule has 2 aromatic rings. The molecular weight excluding hydrogens is 408 g/mol. The predicted molar refractivity (Wildman–Crippen MR) is 111 cm³/mol. The van der Waals surface area contributed by atoms with E-state index >= 15 is 0 Å². The summed E-state index contributed by atoms with van der Waals surface area (Å²) in [5, 5.41) is 0. The van der Waals surface area contributed by atoms with Crippen molar-refractivity contribution in [2.24, 2.45) is 0 Å². The van der Waals surface area contributed by atoms with E-state index in [2.05, 4.69) is 4.72 Å². The van der Waals surface area contributed by atoms with Gasteiger partial charge in [0.2, 0.25) is 10.0 Å². The third kappa shape index (κ3) is 5.28. The van der Waals surface area contributed by atoms with Crippen LogP contribution in [0.2, 0.25) is 0 Å². The van der Waals surface area contributed by atoms with E-state index in [0.29, 0.717) is 43.5 Å². The van der Waals surface area contributed by atoms with E-state index in [4.69, 9.17) is 9.15 Å². The number of hydrogen-bond acceptors (Lipinski definition) is 6. The summed E-state index contributed by atoms with van der Waals surface area (Å²) in [6.07, 6.45) is 1.14. The third-order valence-corrected chi connectivity index (χ3v) is 6.23. The number of carbonyl (C=O) groups excluding carboxylic acids is 2. The summed E-state index contributed by atoms with van der Waals surface area (Å²) >= 11 is 0. The molecule has 1 saturated heterocycles. The van der Waals surface area contributed by atoms with E-state index < -0.39 is 21.7 Å². The monoisotopic (exact) mass is 434 g/mol. The van der Waals surface area contributed by atoms with Crippen LogP contribution in [0.15, 0.2) is 45.7 Å². The van der Waals surface area contributed by atoms with Crippen LogP contribution in [0.5, 0.6) is 0 Å². The van der Waals surface area contributed by atoms with Gasteiger partial charge in [0.15, 0.2) is 12.0 Å². The summed E-state index contributed by atoms with van der Waals surface area (Å²) in [4.78, 5) is 24.7. The Morgan fingerprint density at radius 1 is 1.17 bits per heavy atom. The normalized spacial score (nSPS) is 15.8. The van der Waals surface area contributed by atoms with Crippen molar-refractivity contribution in [1.29, 1.82) is 0 Å². The Kier molecular flexibility index (Phi) is 6.33. The first-order valence-corrected chi connectivity index (χ1v) is 11.2.